The van der Waals surface area contributed by atoms with Gasteiger partial charge in [-0.15, -0.1) is 0 Å². The molecule has 6 rings (SSSR count). The van der Waals surface area contributed by atoms with Crippen molar-refractivity contribution in [3.63, 3.8) is 0 Å². The molecule has 4 aromatic carbocycles. The summed E-state index contributed by atoms with van der Waals surface area (Å²) in [6.45, 7) is 4.36. The number of fused-ring (bicyclic) bond motifs is 2. The Bertz CT molecular complexity index is 1400. The van der Waals surface area contributed by atoms with Crippen LogP contribution in [0.4, 0.5) is 0 Å². The molecule has 0 aromatic heterocycles. The van der Waals surface area contributed by atoms with Gasteiger partial charge in [0.2, 0.25) is 0 Å². The van der Waals surface area contributed by atoms with Crippen molar-refractivity contribution >= 4 is 40.3 Å². The minimum absolute atomic E-state index is 0.0357. The summed E-state index contributed by atoms with van der Waals surface area (Å²) in [4.78, 5) is 0. The molecule has 35 heavy (non-hydrogen) atoms. The molecular formula is C32H26Cl2Zr. The molecule has 0 N–H and O–H groups in total. The van der Waals surface area contributed by atoms with Crippen LogP contribution in [0.25, 0.3) is 23.3 Å². The van der Waals surface area contributed by atoms with E-state index in [2.05, 4.69) is 123 Å². The number of hydrogen-bond acceptors (Lipinski definition) is 0. The van der Waals surface area contributed by atoms with Crippen LogP contribution < -0.4 is 0 Å². The molecule has 4 aromatic rings. The van der Waals surface area contributed by atoms with E-state index < -0.39 is 17.9 Å². The number of hydrogen-bond donors (Lipinski definition) is 0. The van der Waals surface area contributed by atoms with E-state index in [4.69, 9.17) is 17.0 Å². The van der Waals surface area contributed by atoms with Gasteiger partial charge < -0.3 is 0 Å². The van der Waals surface area contributed by atoms with Crippen LogP contribution in [0.2, 0.25) is 0 Å². The first kappa shape index (κ1) is 23.2. The van der Waals surface area contributed by atoms with Gasteiger partial charge in [-0.1, -0.05) is 0 Å². The second-order valence-corrected chi connectivity index (χ2v) is 24.3. The van der Waals surface area contributed by atoms with Crippen LogP contribution in [0.1, 0.15) is 51.8 Å². The van der Waals surface area contributed by atoms with Gasteiger partial charge in [-0.25, -0.2) is 0 Å². The van der Waals surface area contributed by atoms with E-state index in [1.807, 2.05) is 0 Å². The van der Waals surface area contributed by atoms with Gasteiger partial charge in [-0.3, -0.25) is 0 Å². The van der Waals surface area contributed by atoms with Gasteiger partial charge in [-0.2, -0.15) is 0 Å². The summed E-state index contributed by atoms with van der Waals surface area (Å²) in [6, 6.07) is 34.5. The van der Waals surface area contributed by atoms with Crippen LogP contribution in [0, 0.1) is 13.8 Å². The Morgan fingerprint density at radius 1 is 0.514 bits per heavy atom. The third kappa shape index (κ3) is 3.84. The van der Waals surface area contributed by atoms with E-state index in [0.29, 0.717) is 0 Å². The predicted molar refractivity (Wildman–Crippen MR) is 148 cm³/mol. The fraction of sp³-hybridized carbons (Fsp3) is 0.125. The zero-order valence-electron chi connectivity index (χ0n) is 19.8. The summed E-state index contributed by atoms with van der Waals surface area (Å²) in [6.07, 6.45) is 4.66. The third-order valence-corrected chi connectivity index (χ3v) is 19.5. The second-order valence-electron chi connectivity index (χ2n) is 9.63. The molecule has 2 unspecified atom stereocenters. The van der Waals surface area contributed by atoms with Crippen LogP contribution in [-0.4, -0.2) is 0 Å². The maximum absolute atomic E-state index is 7.89. The predicted octanol–water partition coefficient (Wildman–Crippen LogP) is 9.66. The number of aryl methyl sites for hydroxylation is 2. The topological polar surface area (TPSA) is 0 Å². The van der Waals surface area contributed by atoms with Crippen LogP contribution in [-0.2, 0) is 17.9 Å². The molecular weight excluding hydrogens is 546 g/mol. The van der Waals surface area contributed by atoms with Crippen LogP contribution >= 0.6 is 17.0 Å². The molecule has 0 bridgehead atoms. The Hall–Kier alpha value is -2.18. The van der Waals surface area contributed by atoms with E-state index >= 15 is 0 Å². The summed E-state index contributed by atoms with van der Waals surface area (Å²) in [5.74, 6) is 0. The molecule has 0 aliphatic heterocycles. The molecule has 0 heterocycles. The van der Waals surface area contributed by atoms with E-state index in [-0.39, 0.29) is 7.25 Å². The first-order chi connectivity index (χ1) is 17.0. The van der Waals surface area contributed by atoms with E-state index in [1.54, 1.807) is 0 Å². The van der Waals surface area contributed by atoms with Crippen molar-refractivity contribution in [3.05, 3.63) is 142 Å². The monoisotopic (exact) mass is 570 g/mol. The fourth-order valence-corrected chi connectivity index (χ4v) is 18.8. The minimum atomic E-state index is -4.07. The molecule has 0 saturated carbocycles. The van der Waals surface area contributed by atoms with Crippen molar-refractivity contribution in [2.45, 2.75) is 21.1 Å². The molecule has 0 spiro atoms. The first-order valence-electron chi connectivity index (χ1n) is 12.1. The zero-order chi connectivity index (χ0) is 24.2. The number of allylic oxidation sites excluding steroid dienone is 2. The van der Waals surface area contributed by atoms with Crippen LogP contribution in [0.15, 0.2) is 97.1 Å². The van der Waals surface area contributed by atoms with E-state index in [9.17, 15) is 0 Å². The van der Waals surface area contributed by atoms with Gasteiger partial charge in [0.1, 0.15) is 0 Å². The average molecular weight is 573 g/mol. The summed E-state index contributed by atoms with van der Waals surface area (Å²) < 4.78 is 0.0713. The molecule has 2 aliphatic rings. The van der Waals surface area contributed by atoms with Gasteiger partial charge in [-0.05, 0) is 0 Å². The van der Waals surface area contributed by atoms with E-state index in [1.165, 1.54) is 55.7 Å². The number of benzene rings is 4. The van der Waals surface area contributed by atoms with Gasteiger partial charge >= 0.3 is 221 Å². The van der Waals surface area contributed by atoms with Crippen molar-refractivity contribution in [2.24, 2.45) is 0 Å². The molecule has 172 valence electrons. The van der Waals surface area contributed by atoms with Gasteiger partial charge in [0.25, 0.3) is 0 Å². The Balaban J connectivity index is 1.57. The van der Waals surface area contributed by atoms with E-state index in [0.717, 1.165) is 0 Å². The third-order valence-electron chi connectivity index (χ3n) is 7.54. The molecule has 0 amide bonds. The quantitative estimate of drug-likeness (QED) is 0.228. The summed E-state index contributed by atoms with van der Waals surface area (Å²) in [5, 5.41) is 0. The van der Waals surface area contributed by atoms with Crippen molar-refractivity contribution in [2.75, 3.05) is 0 Å². The first-order valence-corrected chi connectivity index (χ1v) is 21.2. The van der Waals surface area contributed by atoms with Crippen LogP contribution in [0.5, 0.6) is 0 Å². The summed E-state index contributed by atoms with van der Waals surface area (Å²) >= 11 is -4.07. The Kier molecular flexibility index (Phi) is 6.00. The molecule has 0 radical (unpaired) electrons. The Labute approximate surface area is 219 Å². The number of rotatable bonds is 4. The van der Waals surface area contributed by atoms with Crippen LogP contribution in [0.3, 0.4) is 0 Å². The fourth-order valence-electron chi connectivity index (χ4n) is 5.90. The number of halogens is 2. The summed E-state index contributed by atoms with van der Waals surface area (Å²) in [7, 11) is 15.8. The Morgan fingerprint density at radius 3 is 1.31 bits per heavy atom. The van der Waals surface area contributed by atoms with Gasteiger partial charge in [0.05, 0.1) is 0 Å². The standard InChI is InChI=1S/2C16H13.2ClH.Zr/c2*1-12-6-2-5-9-16(12)15-10-13-7-3-4-8-14(13)11-15;;;/h2*2-11H,1H3;2*1H;/q;;;;+2/p-2. The van der Waals surface area contributed by atoms with Gasteiger partial charge in [0, 0.05) is 0 Å². The average Bonchev–Trinajstić information content (AvgIpc) is 3.44. The summed E-state index contributed by atoms with van der Waals surface area (Å²) in [5.41, 5.74) is 12.6. The SMILES string of the molecule is Cc1ccccc1C1=Cc2ccccc2[CH]1[Zr]([Cl])([Cl])[CH]1C(c2ccccc2C)=Cc2ccccc21. The molecule has 0 nitrogen and oxygen atoms in total. The second kappa shape index (κ2) is 9.04. The molecule has 3 heteroatoms. The molecule has 2 atom stereocenters. The van der Waals surface area contributed by atoms with Gasteiger partial charge in [0.15, 0.2) is 0 Å². The zero-order valence-corrected chi connectivity index (χ0v) is 23.8. The maximum atomic E-state index is 7.89. The molecule has 0 saturated heterocycles. The van der Waals surface area contributed by atoms with Crippen molar-refractivity contribution in [1.29, 1.82) is 0 Å². The molecule has 0 fully saturated rings. The normalized spacial score (nSPS) is 18.6. The van der Waals surface area contributed by atoms with Crippen molar-refractivity contribution in [1.82, 2.24) is 0 Å². The van der Waals surface area contributed by atoms with Crippen molar-refractivity contribution < 1.29 is 17.9 Å². The molecule has 2 aliphatic carbocycles. The Morgan fingerprint density at radius 2 is 0.886 bits per heavy atom. The van der Waals surface area contributed by atoms with Crippen molar-refractivity contribution in [3.8, 4) is 0 Å².